The van der Waals surface area contributed by atoms with E-state index in [0.717, 1.165) is 0 Å². The molecule has 0 fully saturated rings. The summed E-state index contributed by atoms with van der Waals surface area (Å²) in [6, 6.07) is 0. The Balaban J connectivity index is -0.00000000333. The van der Waals surface area contributed by atoms with E-state index in [1.165, 1.54) is 0 Å². The molecule has 7 heteroatoms. The second kappa shape index (κ2) is 53.2. The highest BCUT2D eigenvalue weighted by Crippen LogP contribution is 1.13. The molecule has 7 heavy (non-hydrogen) atoms. The minimum Gasteiger partial charge on any atom is -0.506 e. The van der Waals surface area contributed by atoms with Crippen LogP contribution >= 0.6 is 49.6 Å². The summed E-state index contributed by atoms with van der Waals surface area (Å²) in [5.74, 6) is 0. The first-order valence-electron chi connectivity index (χ1n) is 0.323. The molecular weight excluding hydrogens is 209 g/mol. The van der Waals surface area contributed by atoms with Crippen LogP contribution < -0.4 is 4.66 Å². The normalized spacial score (nSPS) is 2.57. The quantitative estimate of drug-likeness (QED) is 0.614. The minimum atomic E-state index is -0.167. The number of rotatable bonds is 0. The predicted molar refractivity (Wildman–Crippen MR) is 31.2 cm³/mol. The lowest BCUT2D eigenvalue weighted by Gasteiger charge is -1.46. The molecule has 0 atom stereocenters. The van der Waals surface area contributed by atoms with Crippen molar-refractivity contribution in [1.29, 1.82) is 0 Å². The lowest BCUT2D eigenvalue weighted by Crippen LogP contribution is -1.94. The van der Waals surface area contributed by atoms with Gasteiger partial charge in [-0.25, -0.2) is 0 Å². The van der Waals surface area contributed by atoms with Crippen molar-refractivity contribution in [3.05, 3.63) is 0 Å². The molecule has 0 rings (SSSR count). The van der Waals surface area contributed by atoms with Crippen LogP contribution in [0.1, 0.15) is 0 Å². The number of halogens is 5. The highest BCUT2D eigenvalue weighted by molar-refractivity contribution is 5.86. The summed E-state index contributed by atoms with van der Waals surface area (Å²) in [6.07, 6.45) is 0. The summed E-state index contributed by atoms with van der Waals surface area (Å²) >= 11 is -0.167. The Kier molecular flexibility index (Phi) is 304. The first-order chi connectivity index (χ1) is 1.41. The molecule has 0 aliphatic heterocycles. The average Bonchev–Trinajstić information content (AvgIpc) is 0.918. The Bertz CT molecular complexity index is 6.04. The predicted octanol–water partition coefficient (Wildman–Crippen LogP) is -0.0588. The Labute approximate surface area is 70.4 Å². The van der Waals surface area contributed by atoms with Crippen LogP contribution in [0.2, 0.25) is 0 Å². The van der Waals surface area contributed by atoms with Crippen molar-refractivity contribution in [3.8, 4) is 0 Å². The highest BCUT2D eigenvalue weighted by Gasteiger charge is 1.47. The highest BCUT2D eigenvalue weighted by atomic mass is 35.6. The van der Waals surface area contributed by atoms with Gasteiger partial charge in [0.2, 0.25) is 0 Å². The van der Waals surface area contributed by atoms with Crippen LogP contribution in [0.5, 0.6) is 0 Å². The molecule has 0 bridgehead atoms. The Hall–Kier alpha value is 1.37. The fourth-order valence-electron chi connectivity index (χ4n) is 0. The summed E-state index contributed by atoms with van der Waals surface area (Å²) in [5, 5.41) is 0. The zero-order chi connectivity index (χ0) is 2.71. The zero-order valence-electron chi connectivity index (χ0n) is 2.87. The largest absolute Gasteiger partial charge is 0.506 e. The third-order valence-electron chi connectivity index (χ3n) is 0. The van der Waals surface area contributed by atoms with Gasteiger partial charge < -0.3 is 4.66 Å². The topological polar surface area (TPSA) is 43.3 Å². The third kappa shape index (κ3) is 113. The van der Waals surface area contributed by atoms with Crippen molar-refractivity contribution in [3.63, 3.8) is 0 Å². The van der Waals surface area contributed by atoms with Gasteiger partial charge in [0, 0.05) is 0 Å². The smallest absolute Gasteiger partial charge is 0.327 e. The maximum atomic E-state index is 8.35. The Morgan fingerprint density at radius 2 is 1.00 bits per heavy atom. The lowest BCUT2D eigenvalue weighted by molar-refractivity contribution is -1.27. The minimum absolute atomic E-state index is 0. The van der Waals surface area contributed by atoms with Gasteiger partial charge in [-0.05, 0) is 0 Å². The first kappa shape index (κ1) is 40.0. The Morgan fingerprint density at radius 3 is 1.00 bits per heavy atom. The van der Waals surface area contributed by atoms with Crippen LogP contribution in [0, 0.1) is 11.3 Å². The standard InChI is InChI=1S/ClHO2.4ClH/c2-1-3;;;;/h2H;4*1H. The summed E-state index contributed by atoms with van der Waals surface area (Å²) < 4.78 is 15.2. The third-order valence-corrected chi connectivity index (χ3v) is 0. The molecular formula is H5Cl5O2. The number of hydrogen-bond donors (Lipinski definition) is 1. The van der Waals surface area contributed by atoms with Gasteiger partial charge in [0.25, 0.3) is 0 Å². The van der Waals surface area contributed by atoms with E-state index in [-0.39, 0.29) is 61.0 Å². The summed E-state index contributed by atoms with van der Waals surface area (Å²) in [6.45, 7) is 0. The molecule has 0 aliphatic carbocycles. The summed E-state index contributed by atoms with van der Waals surface area (Å²) in [4.78, 5) is 0. The molecule has 0 saturated carbocycles. The van der Waals surface area contributed by atoms with Crippen LogP contribution in [0.3, 0.4) is 0 Å². The fourth-order valence-corrected chi connectivity index (χ4v) is 0. The molecule has 0 aromatic rings. The van der Waals surface area contributed by atoms with E-state index in [1.54, 1.807) is 0 Å². The van der Waals surface area contributed by atoms with Crippen LogP contribution in [0.25, 0.3) is 0 Å². The first-order valence-corrected chi connectivity index (χ1v) is 0.970. The van der Waals surface area contributed by atoms with Crippen LogP contribution in [-0.2, 0) is 0 Å². The second-order valence-corrected chi connectivity index (χ2v) is 0.207. The van der Waals surface area contributed by atoms with Crippen molar-refractivity contribution in [2.24, 2.45) is 0 Å². The van der Waals surface area contributed by atoms with E-state index in [0.29, 0.717) is 0 Å². The van der Waals surface area contributed by atoms with Gasteiger partial charge >= 0.3 is 11.3 Å². The van der Waals surface area contributed by atoms with Crippen molar-refractivity contribution >= 4 is 49.6 Å². The van der Waals surface area contributed by atoms with E-state index < -0.39 is 0 Å². The zero-order valence-corrected chi connectivity index (χ0v) is 6.89. The number of hydrogen-bond acceptors (Lipinski definition) is 2. The SMILES string of the molecule is Cl.Cl.Cl.Cl.[O-][Cl+]O. The van der Waals surface area contributed by atoms with Gasteiger partial charge in [-0.2, -0.15) is 0 Å². The van der Waals surface area contributed by atoms with E-state index in [1.807, 2.05) is 0 Å². The monoisotopic (exact) mass is 212 g/mol. The molecule has 0 radical (unpaired) electrons. The van der Waals surface area contributed by atoms with E-state index in [4.69, 9.17) is 9.32 Å². The maximum absolute atomic E-state index is 8.35. The molecule has 0 spiro atoms. The molecule has 0 saturated heterocycles. The van der Waals surface area contributed by atoms with Crippen LogP contribution in [0.4, 0.5) is 0 Å². The van der Waals surface area contributed by atoms with Gasteiger partial charge in [-0.15, -0.1) is 54.3 Å². The molecule has 0 aliphatic rings. The molecule has 0 aromatic heterocycles. The summed E-state index contributed by atoms with van der Waals surface area (Å²) in [7, 11) is 0. The van der Waals surface area contributed by atoms with Gasteiger partial charge in [-0.3, -0.25) is 0 Å². The van der Waals surface area contributed by atoms with Gasteiger partial charge in [0.15, 0.2) is 0 Å². The van der Waals surface area contributed by atoms with Gasteiger partial charge in [0.05, 0.1) is 0 Å². The van der Waals surface area contributed by atoms with Gasteiger partial charge in [-0.1, -0.05) is 0 Å². The molecule has 52 valence electrons. The van der Waals surface area contributed by atoms with Gasteiger partial charge in [0.1, 0.15) is 0 Å². The average molecular weight is 214 g/mol. The van der Waals surface area contributed by atoms with Crippen molar-refractivity contribution in [2.45, 2.75) is 0 Å². The van der Waals surface area contributed by atoms with Crippen LogP contribution in [0.15, 0.2) is 0 Å². The fraction of sp³-hybridized carbons (Fsp3) is 0. The molecule has 0 aromatic carbocycles. The van der Waals surface area contributed by atoms with E-state index in [2.05, 4.69) is 0 Å². The van der Waals surface area contributed by atoms with Crippen molar-refractivity contribution in [1.82, 2.24) is 0 Å². The second-order valence-electron chi connectivity index (χ2n) is 0.0690. The van der Waals surface area contributed by atoms with E-state index >= 15 is 0 Å². The molecule has 0 unspecified atom stereocenters. The van der Waals surface area contributed by atoms with Crippen LogP contribution in [-0.4, -0.2) is 4.66 Å². The van der Waals surface area contributed by atoms with E-state index in [9.17, 15) is 0 Å². The summed E-state index contributed by atoms with van der Waals surface area (Å²) in [5.41, 5.74) is 0. The molecule has 0 heterocycles. The molecule has 2 nitrogen and oxygen atoms in total. The lowest BCUT2D eigenvalue weighted by atomic mass is 15.9. The Morgan fingerprint density at radius 1 is 1.00 bits per heavy atom. The van der Waals surface area contributed by atoms with Crippen molar-refractivity contribution in [2.75, 3.05) is 0 Å². The molecule has 1 N–H and O–H groups in total. The maximum Gasteiger partial charge on any atom is 0.327 e. The molecule has 0 amide bonds. The van der Waals surface area contributed by atoms with Crippen molar-refractivity contribution < 1.29 is 20.6 Å².